The van der Waals surface area contributed by atoms with Crippen molar-refractivity contribution in [2.75, 3.05) is 19.6 Å². The van der Waals surface area contributed by atoms with E-state index in [9.17, 15) is 14.4 Å². The molecule has 0 saturated carbocycles. The molecule has 23 heavy (non-hydrogen) atoms. The fourth-order valence-corrected chi connectivity index (χ4v) is 2.97. The number of H-pyrrole nitrogens is 1. The predicted octanol–water partition coefficient (Wildman–Crippen LogP) is 0.0935. The van der Waals surface area contributed by atoms with Gasteiger partial charge in [-0.2, -0.15) is 0 Å². The second-order valence-electron chi connectivity index (χ2n) is 5.86. The number of likely N-dealkylation sites (N-methyl/N-ethyl adjacent to an activating group) is 1. The number of pyridine rings is 1. The van der Waals surface area contributed by atoms with Gasteiger partial charge < -0.3 is 20.5 Å². The van der Waals surface area contributed by atoms with E-state index in [4.69, 9.17) is 5.73 Å². The molecule has 7 nitrogen and oxygen atoms in total. The number of rotatable bonds is 4. The summed E-state index contributed by atoms with van der Waals surface area (Å²) >= 11 is 0. The molecule has 0 spiro atoms. The minimum Gasteiger partial charge on any atom is -0.341 e. The maximum atomic E-state index is 12.7. The normalized spacial score (nSPS) is 20.6. The van der Waals surface area contributed by atoms with E-state index < -0.39 is 17.5 Å². The van der Waals surface area contributed by atoms with E-state index in [2.05, 4.69) is 4.98 Å². The summed E-state index contributed by atoms with van der Waals surface area (Å²) in [5.74, 6) is -0.551. The zero-order chi connectivity index (χ0) is 17.1. The lowest BCUT2D eigenvalue weighted by Gasteiger charge is -2.28. The van der Waals surface area contributed by atoms with Crippen LogP contribution in [-0.4, -0.2) is 58.3 Å². The van der Waals surface area contributed by atoms with E-state index in [0.717, 1.165) is 0 Å². The number of nitrogens with one attached hydrogen (secondary N) is 1. The Hall–Kier alpha value is -2.15. The highest BCUT2D eigenvalue weighted by Crippen LogP contribution is 2.21. The van der Waals surface area contributed by atoms with Crippen LogP contribution in [0.2, 0.25) is 0 Å². The lowest BCUT2D eigenvalue weighted by atomic mass is 10.1. The van der Waals surface area contributed by atoms with Gasteiger partial charge in [0.25, 0.3) is 11.5 Å². The Bertz CT molecular complexity index is 651. The molecule has 1 fully saturated rings. The van der Waals surface area contributed by atoms with Crippen molar-refractivity contribution in [1.29, 1.82) is 0 Å². The highest BCUT2D eigenvalue weighted by molar-refractivity contribution is 5.97. The molecule has 1 aliphatic rings. The third kappa shape index (κ3) is 3.44. The van der Waals surface area contributed by atoms with Crippen molar-refractivity contribution < 1.29 is 9.59 Å². The first-order valence-corrected chi connectivity index (χ1v) is 7.94. The summed E-state index contributed by atoms with van der Waals surface area (Å²) in [6.45, 7) is 6.97. The summed E-state index contributed by atoms with van der Waals surface area (Å²) in [6, 6.07) is 2.32. The van der Waals surface area contributed by atoms with Crippen LogP contribution in [-0.2, 0) is 4.79 Å². The maximum absolute atomic E-state index is 12.7. The number of nitrogens with zero attached hydrogens (tertiary/aromatic N) is 2. The largest absolute Gasteiger partial charge is 0.341 e. The fraction of sp³-hybridized carbons (Fsp3) is 0.562. The molecule has 7 heteroatoms. The molecule has 0 aliphatic carbocycles. The van der Waals surface area contributed by atoms with Crippen LogP contribution in [0.15, 0.2) is 16.9 Å². The highest BCUT2D eigenvalue weighted by Gasteiger charge is 2.40. The predicted molar refractivity (Wildman–Crippen MR) is 87.1 cm³/mol. The molecule has 0 unspecified atom stereocenters. The average molecular weight is 320 g/mol. The number of amides is 2. The molecule has 1 aromatic rings. The van der Waals surface area contributed by atoms with E-state index in [1.807, 2.05) is 13.8 Å². The zero-order valence-corrected chi connectivity index (χ0v) is 13.8. The second-order valence-corrected chi connectivity index (χ2v) is 5.86. The van der Waals surface area contributed by atoms with Crippen LogP contribution >= 0.6 is 0 Å². The van der Waals surface area contributed by atoms with Crippen LogP contribution in [0, 0.1) is 6.92 Å². The van der Waals surface area contributed by atoms with Crippen LogP contribution in [0.3, 0.4) is 0 Å². The van der Waals surface area contributed by atoms with E-state index in [1.165, 1.54) is 11.0 Å². The van der Waals surface area contributed by atoms with Gasteiger partial charge in [0.05, 0.1) is 0 Å². The van der Waals surface area contributed by atoms with E-state index in [0.29, 0.717) is 25.2 Å². The van der Waals surface area contributed by atoms with Gasteiger partial charge in [-0.05, 0) is 39.3 Å². The monoisotopic (exact) mass is 320 g/mol. The van der Waals surface area contributed by atoms with Gasteiger partial charge in [-0.3, -0.25) is 14.4 Å². The standard InChI is InChI=1S/C16H24N4O3/c1-4-19(5-2)16(23)13-8-11(17)9-20(13)15(22)12-7-6-10(3)18-14(12)21/h6-7,11,13H,4-5,8-9,17H2,1-3H3,(H,18,21)/t11-,13+/m1/s1. The molecule has 2 rings (SSSR count). The molecule has 2 heterocycles. The minimum absolute atomic E-state index is 0.0436. The van der Waals surface area contributed by atoms with Crippen molar-refractivity contribution >= 4 is 11.8 Å². The van der Waals surface area contributed by atoms with Crippen molar-refractivity contribution in [3.05, 3.63) is 33.7 Å². The second kappa shape index (κ2) is 6.95. The smallest absolute Gasteiger partial charge is 0.260 e. The molecule has 0 bridgehead atoms. The highest BCUT2D eigenvalue weighted by atomic mass is 16.2. The quantitative estimate of drug-likeness (QED) is 0.821. The minimum atomic E-state index is -0.599. The number of aromatic nitrogens is 1. The van der Waals surface area contributed by atoms with Gasteiger partial charge in [0.1, 0.15) is 11.6 Å². The van der Waals surface area contributed by atoms with Gasteiger partial charge in [0, 0.05) is 31.4 Å². The molecule has 1 aromatic heterocycles. The molecule has 2 amide bonds. The number of carbonyl (C=O) groups is 2. The third-order valence-corrected chi connectivity index (χ3v) is 4.24. The van der Waals surface area contributed by atoms with Crippen LogP contribution in [0.1, 0.15) is 36.3 Å². The lowest BCUT2D eigenvalue weighted by Crippen LogP contribution is -2.48. The Balaban J connectivity index is 2.30. The lowest BCUT2D eigenvalue weighted by molar-refractivity contribution is -0.134. The van der Waals surface area contributed by atoms with Crippen molar-refractivity contribution in [1.82, 2.24) is 14.8 Å². The first-order chi connectivity index (χ1) is 10.9. The first-order valence-electron chi connectivity index (χ1n) is 7.94. The van der Waals surface area contributed by atoms with Crippen LogP contribution in [0.25, 0.3) is 0 Å². The van der Waals surface area contributed by atoms with Crippen molar-refractivity contribution in [3.63, 3.8) is 0 Å². The third-order valence-electron chi connectivity index (χ3n) is 4.24. The van der Waals surface area contributed by atoms with Crippen LogP contribution in [0.4, 0.5) is 0 Å². The summed E-state index contributed by atoms with van der Waals surface area (Å²) in [7, 11) is 0. The number of aromatic amines is 1. The van der Waals surface area contributed by atoms with Gasteiger partial charge in [-0.1, -0.05) is 0 Å². The SMILES string of the molecule is CCN(CC)C(=O)[C@@H]1C[C@@H](N)CN1C(=O)c1ccc(C)[nH]c1=O. The fourth-order valence-electron chi connectivity index (χ4n) is 2.97. The van der Waals surface area contributed by atoms with Crippen molar-refractivity contribution in [3.8, 4) is 0 Å². The van der Waals surface area contributed by atoms with E-state index >= 15 is 0 Å². The average Bonchev–Trinajstić information content (AvgIpc) is 2.89. The zero-order valence-electron chi connectivity index (χ0n) is 13.8. The summed E-state index contributed by atoms with van der Waals surface area (Å²) in [5.41, 5.74) is 6.25. The molecular weight excluding hydrogens is 296 g/mol. The molecule has 1 aliphatic heterocycles. The van der Waals surface area contributed by atoms with E-state index in [-0.39, 0.29) is 24.1 Å². The van der Waals surface area contributed by atoms with E-state index in [1.54, 1.807) is 17.9 Å². The number of likely N-dealkylation sites (tertiary alicyclic amines) is 1. The summed E-state index contributed by atoms with van der Waals surface area (Å²) in [4.78, 5) is 43.1. The molecule has 126 valence electrons. The molecular formula is C16H24N4O3. The Morgan fingerprint density at radius 2 is 2.00 bits per heavy atom. The number of nitrogens with two attached hydrogens (primary N) is 1. The van der Waals surface area contributed by atoms with Gasteiger partial charge >= 0.3 is 0 Å². The van der Waals surface area contributed by atoms with Crippen molar-refractivity contribution in [2.45, 2.75) is 39.3 Å². The van der Waals surface area contributed by atoms with Crippen LogP contribution in [0.5, 0.6) is 0 Å². The summed E-state index contributed by atoms with van der Waals surface area (Å²) in [6.07, 6.45) is 0.421. The first kappa shape index (κ1) is 17.2. The Morgan fingerprint density at radius 1 is 1.35 bits per heavy atom. The van der Waals surface area contributed by atoms with Gasteiger partial charge in [0.2, 0.25) is 5.91 Å². The number of aryl methyl sites for hydroxylation is 1. The molecule has 2 atom stereocenters. The van der Waals surface area contributed by atoms with Gasteiger partial charge in [-0.25, -0.2) is 0 Å². The molecule has 0 aromatic carbocycles. The number of hydrogen-bond acceptors (Lipinski definition) is 4. The van der Waals surface area contributed by atoms with Crippen LogP contribution < -0.4 is 11.3 Å². The Morgan fingerprint density at radius 3 is 2.57 bits per heavy atom. The van der Waals surface area contributed by atoms with Gasteiger partial charge in [-0.15, -0.1) is 0 Å². The van der Waals surface area contributed by atoms with Gasteiger partial charge in [0.15, 0.2) is 0 Å². The molecule has 1 saturated heterocycles. The Labute approximate surface area is 135 Å². The topological polar surface area (TPSA) is 99.5 Å². The number of hydrogen-bond donors (Lipinski definition) is 2. The number of carbonyl (C=O) groups excluding carboxylic acids is 2. The summed E-state index contributed by atoms with van der Waals surface area (Å²) in [5, 5.41) is 0. The van der Waals surface area contributed by atoms with Crippen molar-refractivity contribution in [2.24, 2.45) is 5.73 Å². The molecule has 3 N–H and O–H groups in total. The summed E-state index contributed by atoms with van der Waals surface area (Å²) < 4.78 is 0. The molecule has 0 radical (unpaired) electrons. The Kier molecular flexibility index (Phi) is 5.20. The maximum Gasteiger partial charge on any atom is 0.260 e.